The lowest BCUT2D eigenvalue weighted by Crippen LogP contribution is -2.19. The van der Waals surface area contributed by atoms with E-state index in [-0.39, 0.29) is 18.1 Å². The van der Waals surface area contributed by atoms with Gasteiger partial charge < -0.3 is 9.84 Å². The highest BCUT2D eigenvalue weighted by molar-refractivity contribution is 5.85. The topological polar surface area (TPSA) is 114 Å². The molecular formula is C16H15N3O5. The number of amides is 1. The van der Waals surface area contributed by atoms with E-state index in [0.29, 0.717) is 5.56 Å². The first-order chi connectivity index (χ1) is 11.5. The molecule has 2 aromatic carbocycles. The second-order valence-electron chi connectivity index (χ2n) is 4.80. The third-order valence-electron chi connectivity index (χ3n) is 3.10. The quantitative estimate of drug-likeness (QED) is 0.478. The number of carbonyl (C=O) groups excluding carboxylic acids is 1. The lowest BCUT2D eigenvalue weighted by atomic mass is 10.1. The normalized spacial score (nSPS) is 10.5. The smallest absolute Gasteiger partial charge is 0.315 e. The zero-order valence-electron chi connectivity index (χ0n) is 12.8. The average Bonchev–Trinajstić information content (AvgIpc) is 2.56. The van der Waals surface area contributed by atoms with Gasteiger partial charge in [0.1, 0.15) is 0 Å². The summed E-state index contributed by atoms with van der Waals surface area (Å²) in [5, 5.41) is 24.3. The number of nitrogens with zero attached hydrogens (tertiary/aromatic N) is 2. The molecular weight excluding hydrogens is 314 g/mol. The number of rotatable bonds is 6. The van der Waals surface area contributed by atoms with Crippen molar-refractivity contribution in [2.45, 2.75) is 6.42 Å². The van der Waals surface area contributed by atoms with E-state index in [1.807, 2.05) is 30.3 Å². The molecule has 0 heterocycles. The fourth-order valence-corrected chi connectivity index (χ4v) is 1.98. The van der Waals surface area contributed by atoms with E-state index in [2.05, 4.69) is 10.5 Å². The van der Waals surface area contributed by atoms with E-state index in [0.717, 1.165) is 11.6 Å². The molecule has 2 aromatic rings. The predicted octanol–water partition coefficient (Wildman–Crippen LogP) is 2.00. The number of hydrazone groups is 1. The maximum atomic E-state index is 11.8. The summed E-state index contributed by atoms with van der Waals surface area (Å²) in [5.41, 5.74) is 2.97. The van der Waals surface area contributed by atoms with Crippen molar-refractivity contribution in [2.75, 3.05) is 7.11 Å². The van der Waals surface area contributed by atoms with Gasteiger partial charge in [-0.2, -0.15) is 5.10 Å². The van der Waals surface area contributed by atoms with Crippen LogP contribution in [0.3, 0.4) is 0 Å². The Labute approximate surface area is 137 Å². The first-order valence-corrected chi connectivity index (χ1v) is 6.92. The van der Waals surface area contributed by atoms with Crippen molar-refractivity contribution in [2.24, 2.45) is 5.10 Å². The van der Waals surface area contributed by atoms with Gasteiger partial charge in [-0.25, -0.2) is 5.43 Å². The zero-order valence-corrected chi connectivity index (χ0v) is 12.8. The Morgan fingerprint density at radius 2 is 2.08 bits per heavy atom. The van der Waals surface area contributed by atoms with E-state index in [4.69, 9.17) is 4.74 Å². The molecule has 0 bridgehead atoms. The van der Waals surface area contributed by atoms with Crippen LogP contribution in [0.2, 0.25) is 0 Å². The van der Waals surface area contributed by atoms with Crippen molar-refractivity contribution < 1.29 is 19.6 Å². The summed E-state index contributed by atoms with van der Waals surface area (Å²) < 4.78 is 4.88. The molecule has 0 saturated heterocycles. The standard InChI is InChI=1S/C16H15N3O5/c1-24-14-8-12(7-13(16(14)21)19(22)23)10-17-18-15(20)9-11-5-3-2-4-6-11/h2-8,10,21H,9H2,1H3,(H,18,20)/b17-10+. The van der Waals surface area contributed by atoms with Gasteiger partial charge in [-0.15, -0.1) is 0 Å². The molecule has 2 rings (SSSR count). The molecule has 0 unspecified atom stereocenters. The van der Waals surface area contributed by atoms with E-state index >= 15 is 0 Å². The van der Waals surface area contributed by atoms with Crippen LogP contribution in [0.15, 0.2) is 47.6 Å². The number of nitrogens with one attached hydrogen (secondary N) is 1. The van der Waals surface area contributed by atoms with Crippen LogP contribution in [0.25, 0.3) is 0 Å². The highest BCUT2D eigenvalue weighted by atomic mass is 16.6. The van der Waals surface area contributed by atoms with Crippen LogP contribution in [0, 0.1) is 10.1 Å². The van der Waals surface area contributed by atoms with E-state index in [1.54, 1.807) is 0 Å². The molecule has 0 aliphatic heterocycles. The van der Waals surface area contributed by atoms with Crippen molar-refractivity contribution in [1.29, 1.82) is 0 Å². The Hall–Kier alpha value is -3.42. The molecule has 0 atom stereocenters. The van der Waals surface area contributed by atoms with Gasteiger partial charge in [-0.1, -0.05) is 30.3 Å². The number of methoxy groups -OCH3 is 1. The number of phenols is 1. The summed E-state index contributed by atoms with van der Waals surface area (Å²) in [6.07, 6.45) is 1.40. The van der Waals surface area contributed by atoms with Crippen LogP contribution >= 0.6 is 0 Å². The number of hydrogen-bond acceptors (Lipinski definition) is 6. The van der Waals surface area contributed by atoms with Gasteiger partial charge in [0.25, 0.3) is 0 Å². The molecule has 1 amide bonds. The molecule has 8 nitrogen and oxygen atoms in total. The van der Waals surface area contributed by atoms with Gasteiger partial charge in [0, 0.05) is 11.6 Å². The van der Waals surface area contributed by atoms with Gasteiger partial charge >= 0.3 is 5.69 Å². The van der Waals surface area contributed by atoms with Crippen LogP contribution in [-0.2, 0) is 11.2 Å². The molecule has 0 saturated carbocycles. The van der Waals surface area contributed by atoms with Crippen molar-refractivity contribution >= 4 is 17.8 Å². The highest BCUT2D eigenvalue weighted by Crippen LogP contribution is 2.36. The van der Waals surface area contributed by atoms with Crippen LogP contribution in [0.1, 0.15) is 11.1 Å². The minimum absolute atomic E-state index is 0.0544. The molecule has 2 N–H and O–H groups in total. The number of phenolic OH excluding ortho intramolecular Hbond substituents is 1. The number of benzene rings is 2. The van der Waals surface area contributed by atoms with Gasteiger partial charge in [0.05, 0.1) is 24.7 Å². The molecule has 0 aliphatic rings. The molecule has 0 aliphatic carbocycles. The van der Waals surface area contributed by atoms with Crippen molar-refractivity contribution in [3.05, 3.63) is 63.7 Å². The number of aromatic hydroxyl groups is 1. The molecule has 0 spiro atoms. The molecule has 24 heavy (non-hydrogen) atoms. The van der Waals surface area contributed by atoms with E-state index in [9.17, 15) is 20.0 Å². The van der Waals surface area contributed by atoms with E-state index in [1.165, 1.54) is 19.4 Å². The summed E-state index contributed by atoms with van der Waals surface area (Å²) in [7, 11) is 1.28. The number of ether oxygens (including phenoxy) is 1. The van der Waals surface area contributed by atoms with Crippen LogP contribution in [0.5, 0.6) is 11.5 Å². The molecule has 0 aromatic heterocycles. The minimum atomic E-state index is -0.733. The Kier molecular flexibility index (Phi) is 5.45. The molecule has 8 heteroatoms. The number of nitro benzene ring substituents is 1. The first kappa shape index (κ1) is 16.9. The predicted molar refractivity (Wildman–Crippen MR) is 87.2 cm³/mol. The molecule has 0 fully saturated rings. The Bertz CT molecular complexity index is 775. The lowest BCUT2D eigenvalue weighted by molar-refractivity contribution is -0.386. The minimum Gasteiger partial charge on any atom is -0.500 e. The summed E-state index contributed by atoms with van der Waals surface area (Å²) in [6, 6.07) is 11.6. The lowest BCUT2D eigenvalue weighted by Gasteiger charge is -2.05. The summed E-state index contributed by atoms with van der Waals surface area (Å²) >= 11 is 0. The summed E-state index contributed by atoms with van der Waals surface area (Å²) in [4.78, 5) is 21.9. The van der Waals surface area contributed by atoms with E-state index < -0.39 is 16.4 Å². The molecule has 0 radical (unpaired) electrons. The van der Waals surface area contributed by atoms with Crippen molar-refractivity contribution in [1.82, 2.24) is 5.43 Å². The summed E-state index contributed by atoms with van der Waals surface area (Å²) in [6.45, 7) is 0. The van der Waals surface area contributed by atoms with Gasteiger partial charge in [0.2, 0.25) is 11.7 Å². The Morgan fingerprint density at radius 3 is 2.71 bits per heavy atom. The van der Waals surface area contributed by atoms with Gasteiger partial charge in [-0.3, -0.25) is 14.9 Å². The van der Waals surface area contributed by atoms with Crippen LogP contribution < -0.4 is 10.2 Å². The van der Waals surface area contributed by atoms with Crippen LogP contribution in [0.4, 0.5) is 5.69 Å². The third-order valence-corrected chi connectivity index (χ3v) is 3.10. The van der Waals surface area contributed by atoms with Gasteiger partial charge in [-0.05, 0) is 11.6 Å². The third kappa shape index (κ3) is 4.29. The second kappa shape index (κ2) is 7.73. The second-order valence-corrected chi connectivity index (χ2v) is 4.80. The first-order valence-electron chi connectivity index (χ1n) is 6.92. The molecule has 124 valence electrons. The van der Waals surface area contributed by atoms with Crippen LogP contribution in [-0.4, -0.2) is 29.3 Å². The van der Waals surface area contributed by atoms with Gasteiger partial charge in [0.15, 0.2) is 5.75 Å². The fraction of sp³-hybridized carbons (Fsp3) is 0.125. The SMILES string of the molecule is COc1cc(/C=N/NC(=O)Cc2ccccc2)cc([N+](=O)[O-])c1O. The Balaban J connectivity index is 2.07. The largest absolute Gasteiger partial charge is 0.500 e. The number of carbonyl (C=O) groups is 1. The maximum absolute atomic E-state index is 11.8. The zero-order chi connectivity index (χ0) is 17.5. The Morgan fingerprint density at radius 1 is 1.38 bits per heavy atom. The van der Waals surface area contributed by atoms with Crippen molar-refractivity contribution in [3.8, 4) is 11.5 Å². The average molecular weight is 329 g/mol. The number of hydrogen-bond donors (Lipinski definition) is 2. The number of nitro groups is 1. The maximum Gasteiger partial charge on any atom is 0.315 e. The summed E-state index contributed by atoms with van der Waals surface area (Å²) in [5.74, 6) is -0.938. The monoisotopic (exact) mass is 329 g/mol. The highest BCUT2D eigenvalue weighted by Gasteiger charge is 2.19. The van der Waals surface area contributed by atoms with Crippen molar-refractivity contribution in [3.63, 3.8) is 0 Å². The fourth-order valence-electron chi connectivity index (χ4n) is 1.98.